The fourth-order valence-electron chi connectivity index (χ4n) is 2.94. The second-order valence-corrected chi connectivity index (χ2v) is 6.83. The SMILES string of the molecule is CNc1c(Cl)ncnc1N1CCN(c2nc(C)cc(C(C)C)n2)CC1. The normalized spacial score (nSPS) is 15.0. The number of hydrogen-bond donors (Lipinski definition) is 1. The van der Waals surface area contributed by atoms with E-state index in [9.17, 15) is 0 Å². The van der Waals surface area contributed by atoms with E-state index in [0.29, 0.717) is 11.1 Å². The predicted octanol–water partition coefficient (Wildman–Crippen LogP) is 2.72. The molecule has 0 saturated carbocycles. The van der Waals surface area contributed by atoms with Crippen molar-refractivity contribution in [3.63, 3.8) is 0 Å². The molecule has 3 rings (SSSR count). The summed E-state index contributed by atoms with van der Waals surface area (Å²) in [5, 5.41) is 3.54. The predicted molar refractivity (Wildman–Crippen MR) is 102 cm³/mol. The van der Waals surface area contributed by atoms with Gasteiger partial charge in [-0.1, -0.05) is 25.4 Å². The first-order chi connectivity index (χ1) is 12.0. The molecule has 0 spiro atoms. The van der Waals surface area contributed by atoms with Gasteiger partial charge in [-0.3, -0.25) is 0 Å². The van der Waals surface area contributed by atoms with Crippen molar-refractivity contribution < 1.29 is 0 Å². The second-order valence-electron chi connectivity index (χ2n) is 6.48. The Labute approximate surface area is 153 Å². The summed E-state index contributed by atoms with van der Waals surface area (Å²) in [7, 11) is 1.83. The zero-order valence-corrected chi connectivity index (χ0v) is 15.9. The molecule has 1 aliphatic rings. The van der Waals surface area contributed by atoms with Gasteiger partial charge in [-0.25, -0.2) is 19.9 Å². The zero-order chi connectivity index (χ0) is 18.0. The summed E-state index contributed by atoms with van der Waals surface area (Å²) in [6.45, 7) is 9.67. The minimum atomic E-state index is 0.392. The van der Waals surface area contributed by atoms with Crippen LogP contribution in [0.1, 0.15) is 31.2 Å². The van der Waals surface area contributed by atoms with E-state index in [2.05, 4.69) is 50.0 Å². The lowest BCUT2D eigenvalue weighted by Crippen LogP contribution is -2.47. The van der Waals surface area contributed by atoms with E-state index in [1.165, 1.54) is 6.33 Å². The molecule has 7 nitrogen and oxygen atoms in total. The smallest absolute Gasteiger partial charge is 0.225 e. The highest BCUT2D eigenvalue weighted by Crippen LogP contribution is 2.29. The monoisotopic (exact) mass is 361 g/mol. The van der Waals surface area contributed by atoms with E-state index in [1.807, 2.05) is 14.0 Å². The van der Waals surface area contributed by atoms with E-state index in [0.717, 1.165) is 55.0 Å². The summed E-state index contributed by atoms with van der Waals surface area (Å²) in [4.78, 5) is 22.3. The van der Waals surface area contributed by atoms with Crippen molar-refractivity contribution in [1.82, 2.24) is 19.9 Å². The van der Waals surface area contributed by atoms with Gasteiger partial charge in [-0.15, -0.1) is 0 Å². The van der Waals surface area contributed by atoms with Crippen LogP contribution in [0.15, 0.2) is 12.4 Å². The molecule has 1 fully saturated rings. The Morgan fingerprint density at radius 2 is 1.76 bits per heavy atom. The Morgan fingerprint density at radius 3 is 2.40 bits per heavy atom. The minimum absolute atomic E-state index is 0.392. The topological polar surface area (TPSA) is 70.1 Å². The van der Waals surface area contributed by atoms with Crippen LogP contribution in [0.4, 0.5) is 17.5 Å². The molecule has 0 aromatic carbocycles. The van der Waals surface area contributed by atoms with Crippen molar-refractivity contribution in [2.45, 2.75) is 26.7 Å². The van der Waals surface area contributed by atoms with Crippen molar-refractivity contribution in [3.05, 3.63) is 28.9 Å². The number of nitrogens with one attached hydrogen (secondary N) is 1. The summed E-state index contributed by atoms with van der Waals surface area (Å²) < 4.78 is 0. The summed E-state index contributed by atoms with van der Waals surface area (Å²) in [5.74, 6) is 2.05. The maximum absolute atomic E-state index is 6.17. The van der Waals surface area contributed by atoms with Crippen LogP contribution in [-0.2, 0) is 0 Å². The van der Waals surface area contributed by atoms with Gasteiger partial charge in [0, 0.05) is 44.6 Å². The Bertz CT molecular complexity index is 742. The van der Waals surface area contributed by atoms with Crippen molar-refractivity contribution >= 4 is 29.1 Å². The lowest BCUT2D eigenvalue weighted by molar-refractivity contribution is 0.630. The lowest BCUT2D eigenvalue weighted by Gasteiger charge is -2.36. The number of aryl methyl sites for hydroxylation is 1. The summed E-state index contributed by atoms with van der Waals surface area (Å²) in [6, 6.07) is 2.06. The first-order valence-corrected chi connectivity index (χ1v) is 8.91. The summed E-state index contributed by atoms with van der Waals surface area (Å²) >= 11 is 6.17. The first kappa shape index (κ1) is 17.7. The number of halogens is 1. The average molecular weight is 362 g/mol. The maximum Gasteiger partial charge on any atom is 0.225 e. The van der Waals surface area contributed by atoms with Crippen LogP contribution in [0.5, 0.6) is 0 Å². The van der Waals surface area contributed by atoms with Crippen LogP contribution in [-0.4, -0.2) is 53.2 Å². The van der Waals surface area contributed by atoms with Gasteiger partial charge in [-0.2, -0.15) is 0 Å². The number of piperazine rings is 1. The molecule has 1 aliphatic heterocycles. The molecule has 0 atom stereocenters. The second kappa shape index (κ2) is 7.39. The van der Waals surface area contributed by atoms with E-state index in [-0.39, 0.29) is 0 Å². The standard InChI is InChI=1S/C17H24ClN7/c1-11(2)13-9-12(3)22-17(23-13)25-7-5-24(6-8-25)16-14(19-4)15(18)20-10-21-16/h9-11,19H,5-8H2,1-4H3. The molecule has 134 valence electrons. The van der Waals surface area contributed by atoms with E-state index in [1.54, 1.807) is 0 Å². The maximum atomic E-state index is 6.17. The average Bonchev–Trinajstić information content (AvgIpc) is 2.61. The fourth-order valence-corrected chi connectivity index (χ4v) is 3.17. The molecule has 2 aromatic rings. The Kier molecular flexibility index (Phi) is 5.22. The van der Waals surface area contributed by atoms with Gasteiger partial charge in [0.1, 0.15) is 12.0 Å². The highest BCUT2D eigenvalue weighted by molar-refractivity contribution is 6.32. The lowest BCUT2D eigenvalue weighted by atomic mass is 10.1. The number of anilines is 3. The molecular weight excluding hydrogens is 338 g/mol. The van der Waals surface area contributed by atoms with Gasteiger partial charge in [0.05, 0.1) is 0 Å². The molecule has 8 heteroatoms. The molecule has 1 saturated heterocycles. The molecule has 0 bridgehead atoms. The quantitative estimate of drug-likeness (QED) is 0.839. The molecular formula is C17H24ClN7. The summed E-state index contributed by atoms with van der Waals surface area (Å²) in [6.07, 6.45) is 1.50. The van der Waals surface area contributed by atoms with Gasteiger partial charge in [0.2, 0.25) is 5.95 Å². The van der Waals surface area contributed by atoms with Crippen LogP contribution in [0, 0.1) is 6.92 Å². The van der Waals surface area contributed by atoms with E-state index >= 15 is 0 Å². The van der Waals surface area contributed by atoms with Gasteiger partial charge in [0.25, 0.3) is 0 Å². The molecule has 1 N–H and O–H groups in total. The molecule has 0 amide bonds. The molecule has 0 radical (unpaired) electrons. The third-order valence-corrected chi connectivity index (χ3v) is 4.63. The molecule has 0 unspecified atom stereocenters. The van der Waals surface area contributed by atoms with Crippen LogP contribution in [0.3, 0.4) is 0 Å². The molecule has 2 aromatic heterocycles. The van der Waals surface area contributed by atoms with Crippen LogP contribution < -0.4 is 15.1 Å². The van der Waals surface area contributed by atoms with Gasteiger partial charge in [-0.05, 0) is 18.9 Å². The number of hydrogen-bond acceptors (Lipinski definition) is 7. The van der Waals surface area contributed by atoms with Gasteiger partial charge in [0.15, 0.2) is 11.0 Å². The van der Waals surface area contributed by atoms with Crippen LogP contribution in [0.25, 0.3) is 0 Å². The van der Waals surface area contributed by atoms with Gasteiger partial charge < -0.3 is 15.1 Å². The largest absolute Gasteiger partial charge is 0.383 e. The molecule has 3 heterocycles. The highest BCUT2D eigenvalue weighted by Gasteiger charge is 2.23. The number of nitrogens with zero attached hydrogens (tertiary/aromatic N) is 6. The van der Waals surface area contributed by atoms with Crippen molar-refractivity contribution in [2.75, 3.05) is 48.3 Å². The van der Waals surface area contributed by atoms with Crippen molar-refractivity contribution in [3.8, 4) is 0 Å². The van der Waals surface area contributed by atoms with E-state index in [4.69, 9.17) is 16.6 Å². The first-order valence-electron chi connectivity index (χ1n) is 8.53. The Balaban J connectivity index is 1.76. The van der Waals surface area contributed by atoms with Gasteiger partial charge >= 0.3 is 0 Å². The number of aromatic nitrogens is 4. The Morgan fingerprint density at radius 1 is 1.08 bits per heavy atom. The molecule has 0 aliphatic carbocycles. The zero-order valence-electron chi connectivity index (χ0n) is 15.1. The van der Waals surface area contributed by atoms with Crippen molar-refractivity contribution in [2.24, 2.45) is 0 Å². The van der Waals surface area contributed by atoms with Crippen LogP contribution in [0.2, 0.25) is 5.15 Å². The molecule has 25 heavy (non-hydrogen) atoms. The van der Waals surface area contributed by atoms with Crippen molar-refractivity contribution in [1.29, 1.82) is 0 Å². The summed E-state index contributed by atoms with van der Waals surface area (Å²) in [5.41, 5.74) is 2.87. The van der Waals surface area contributed by atoms with Crippen LogP contribution >= 0.6 is 11.6 Å². The highest BCUT2D eigenvalue weighted by atomic mass is 35.5. The third kappa shape index (κ3) is 3.76. The number of rotatable bonds is 4. The fraction of sp³-hybridized carbons (Fsp3) is 0.529. The Hall–Kier alpha value is -2.15. The third-order valence-electron chi connectivity index (χ3n) is 4.35. The minimum Gasteiger partial charge on any atom is -0.383 e. The van der Waals surface area contributed by atoms with E-state index < -0.39 is 0 Å².